The van der Waals surface area contributed by atoms with E-state index >= 15 is 0 Å². The van der Waals surface area contributed by atoms with Crippen LogP contribution in [0.1, 0.15) is 33.2 Å². The van der Waals surface area contributed by atoms with Gasteiger partial charge in [-0.1, -0.05) is 24.3 Å². The highest BCUT2D eigenvalue weighted by molar-refractivity contribution is 6.23. The van der Waals surface area contributed by atoms with Crippen molar-refractivity contribution in [1.82, 2.24) is 9.97 Å². The van der Waals surface area contributed by atoms with Gasteiger partial charge >= 0.3 is 5.69 Å². The van der Waals surface area contributed by atoms with Crippen molar-refractivity contribution in [2.24, 2.45) is 0 Å². The molecule has 2 aromatic heterocycles. The predicted molar refractivity (Wildman–Crippen MR) is 89.5 cm³/mol. The van der Waals surface area contributed by atoms with E-state index in [9.17, 15) is 14.4 Å². The van der Waals surface area contributed by atoms with E-state index in [1.807, 2.05) is 12.1 Å². The fourth-order valence-corrected chi connectivity index (χ4v) is 3.59. The third kappa shape index (κ3) is 1.77. The number of allylic oxidation sites excluding steroid dienone is 1. The van der Waals surface area contributed by atoms with E-state index in [-0.39, 0.29) is 17.2 Å². The lowest BCUT2D eigenvalue weighted by atomic mass is 9.85. The molecule has 7 heteroatoms. The number of furan rings is 1. The van der Waals surface area contributed by atoms with E-state index in [2.05, 4.69) is 15.3 Å². The lowest BCUT2D eigenvalue weighted by molar-refractivity contribution is 0.103. The number of rotatable bonds is 1. The molecule has 0 fully saturated rings. The second kappa shape index (κ2) is 4.70. The number of fused-ring (bicyclic) bond motifs is 3. The lowest BCUT2D eigenvalue weighted by Crippen LogP contribution is -2.33. The number of aromatic amines is 2. The summed E-state index contributed by atoms with van der Waals surface area (Å²) in [6.45, 7) is 0. The molecule has 0 unspecified atom stereocenters. The van der Waals surface area contributed by atoms with Crippen molar-refractivity contribution in [2.45, 2.75) is 5.92 Å². The molecule has 2 aliphatic rings. The van der Waals surface area contributed by atoms with Crippen molar-refractivity contribution in [1.29, 1.82) is 0 Å². The molecule has 0 saturated carbocycles. The summed E-state index contributed by atoms with van der Waals surface area (Å²) in [4.78, 5) is 42.0. The fourth-order valence-electron chi connectivity index (χ4n) is 3.59. The largest absolute Gasteiger partial charge is 0.468 e. The number of carbonyl (C=O) groups excluding carboxylic acids is 1. The smallest absolute Gasteiger partial charge is 0.327 e. The summed E-state index contributed by atoms with van der Waals surface area (Å²) in [7, 11) is 0. The van der Waals surface area contributed by atoms with Gasteiger partial charge in [0.2, 0.25) is 0 Å². The van der Waals surface area contributed by atoms with Gasteiger partial charge in [0.15, 0.2) is 5.78 Å². The molecule has 0 bridgehead atoms. The average molecular weight is 333 g/mol. The molecule has 0 saturated heterocycles. The standard InChI is InChI=1S/C18H11N3O4/c22-15-9-5-2-1-4-8(9)14-12(15)11(10-6-3-7-25-10)13-16(19-14)20-18(24)21-17(13)23/h1-7,11H,(H3,19,20,21,23,24)/t11-/m1/s1. The zero-order valence-corrected chi connectivity index (χ0v) is 12.8. The summed E-state index contributed by atoms with van der Waals surface area (Å²) in [6, 6.07) is 10.6. The Morgan fingerprint density at radius 2 is 1.72 bits per heavy atom. The molecule has 5 rings (SSSR count). The van der Waals surface area contributed by atoms with Crippen LogP contribution in [-0.4, -0.2) is 15.8 Å². The topological polar surface area (TPSA) is 108 Å². The Hall–Kier alpha value is -3.61. The van der Waals surface area contributed by atoms with E-state index in [1.165, 1.54) is 6.26 Å². The first-order valence-corrected chi connectivity index (χ1v) is 7.70. The molecule has 0 spiro atoms. The van der Waals surface area contributed by atoms with Crippen LogP contribution in [-0.2, 0) is 0 Å². The Balaban J connectivity index is 1.86. The van der Waals surface area contributed by atoms with Crippen molar-refractivity contribution in [3.8, 4) is 0 Å². The van der Waals surface area contributed by atoms with Gasteiger partial charge in [0.25, 0.3) is 5.56 Å². The first-order chi connectivity index (χ1) is 12.1. The van der Waals surface area contributed by atoms with Gasteiger partial charge in [-0.3, -0.25) is 19.6 Å². The maximum absolute atomic E-state index is 13.0. The van der Waals surface area contributed by atoms with Gasteiger partial charge in [-0.15, -0.1) is 0 Å². The monoisotopic (exact) mass is 333 g/mol. The van der Waals surface area contributed by atoms with Crippen LogP contribution in [0.2, 0.25) is 0 Å². The van der Waals surface area contributed by atoms with Gasteiger partial charge in [-0.25, -0.2) is 4.79 Å². The molecule has 3 heterocycles. The number of nitrogens with one attached hydrogen (secondary N) is 3. The highest BCUT2D eigenvalue weighted by atomic mass is 16.3. The molecule has 0 radical (unpaired) electrons. The third-order valence-electron chi connectivity index (χ3n) is 4.59. The normalized spacial score (nSPS) is 17.8. The van der Waals surface area contributed by atoms with Crippen LogP contribution in [0.4, 0.5) is 5.82 Å². The number of ketones is 1. The summed E-state index contributed by atoms with van der Waals surface area (Å²) in [6.07, 6.45) is 1.49. The summed E-state index contributed by atoms with van der Waals surface area (Å²) in [5.41, 5.74) is 1.43. The van der Waals surface area contributed by atoms with Crippen LogP contribution in [0.5, 0.6) is 0 Å². The quantitative estimate of drug-likeness (QED) is 0.629. The number of benzene rings is 1. The molecule has 7 nitrogen and oxygen atoms in total. The molecular weight excluding hydrogens is 322 g/mol. The third-order valence-corrected chi connectivity index (χ3v) is 4.59. The number of hydrogen-bond donors (Lipinski definition) is 3. The van der Waals surface area contributed by atoms with Gasteiger partial charge in [-0.2, -0.15) is 0 Å². The number of Topliss-reactive ketones (excluding diaryl/α,β-unsaturated/α-hetero) is 1. The first-order valence-electron chi connectivity index (χ1n) is 7.70. The van der Waals surface area contributed by atoms with E-state index in [0.717, 1.165) is 5.56 Å². The van der Waals surface area contributed by atoms with Crippen molar-refractivity contribution in [3.05, 3.63) is 91.5 Å². The Labute approximate surface area is 140 Å². The highest BCUT2D eigenvalue weighted by Gasteiger charge is 2.42. The molecule has 1 atom stereocenters. The lowest BCUT2D eigenvalue weighted by Gasteiger charge is -2.25. The molecular formula is C18H11N3O4. The van der Waals surface area contributed by atoms with E-state index < -0.39 is 17.2 Å². The van der Waals surface area contributed by atoms with Crippen molar-refractivity contribution >= 4 is 17.3 Å². The van der Waals surface area contributed by atoms with Crippen molar-refractivity contribution in [3.63, 3.8) is 0 Å². The Bertz CT molecular complexity index is 1180. The summed E-state index contributed by atoms with van der Waals surface area (Å²) < 4.78 is 5.51. The number of carbonyl (C=O) groups is 1. The van der Waals surface area contributed by atoms with Crippen LogP contribution in [0.25, 0.3) is 5.70 Å². The molecule has 122 valence electrons. The highest BCUT2D eigenvalue weighted by Crippen LogP contribution is 2.47. The maximum atomic E-state index is 13.0. The predicted octanol–water partition coefficient (Wildman–Crippen LogP) is 1.82. The van der Waals surface area contributed by atoms with Gasteiger partial charge in [0, 0.05) is 16.7 Å². The summed E-state index contributed by atoms with van der Waals surface area (Å²) in [5.74, 6) is -0.107. The molecule has 0 amide bonds. The molecule has 1 aliphatic heterocycles. The average Bonchev–Trinajstić information content (AvgIpc) is 3.21. The van der Waals surface area contributed by atoms with E-state index in [0.29, 0.717) is 22.6 Å². The number of aromatic nitrogens is 2. The van der Waals surface area contributed by atoms with Gasteiger partial charge in [0.1, 0.15) is 11.6 Å². The number of anilines is 1. The molecule has 1 aliphatic carbocycles. The molecule has 3 aromatic rings. The fraction of sp³-hybridized carbons (Fsp3) is 0.0556. The van der Waals surface area contributed by atoms with Crippen LogP contribution < -0.4 is 16.6 Å². The Kier molecular flexibility index (Phi) is 2.59. The van der Waals surface area contributed by atoms with Gasteiger partial charge < -0.3 is 9.73 Å². The van der Waals surface area contributed by atoms with Crippen LogP contribution in [0, 0.1) is 0 Å². The minimum atomic E-state index is -0.693. The SMILES string of the molecule is O=C1C2=C(Nc3[nH]c(=O)[nH]c(=O)c3[C@@H]2c2ccco2)c2ccccc21. The van der Waals surface area contributed by atoms with Crippen LogP contribution in [0.3, 0.4) is 0 Å². The summed E-state index contributed by atoms with van der Waals surface area (Å²) in [5, 5.41) is 3.06. The van der Waals surface area contributed by atoms with Crippen molar-refractivity contribution in [2.75, 3.05) is 5.32 Å². The van der Waals surface area contributed by atoms with E-state index in [1.54, 1.807) is 24.3 Å². The van der Waals surface area contributed by atoms with Crippen LogP contribution >= 0.6 is 0 Å². The molecule has 3 N–H and O–H groups in total. The molecule has 25 heavy (non-hydrogen) atoms. The maximum Gasteiger partial charge on any atom is 0.327 e. The zero-order valence-electron chi connectivity index (χ0n) is 12.8. The second-order valence-corrected chi connectivity index (χ2v) is 5.93. The number of hydrogen-bond acceptors (Lipinski definition) is 5. The zero-order chi connectivity index (χ0) is 17.1. The van der Waals surface area contributed by atoms with Gasteiger partial charge in [-0.05, 0) is 12.1 Å². The number of H-pyrrole nitrogens is 2. The minimum absolute atomic E-state index is 0.157. The second-order valence-electron chi connectivity index (χ2n) is 5.93. The van der Waals surface area contributed by atoms with Crippen molar-refractivity contribution < 1.29 is 9.21 Å². The first kappa shape index (κ1) is 13.8. The Morgan fingerprint density at radius 3 is 2.48 bits per heavy atom. The van der Waals surface area contributed by atoms with E-state index in [4.69, 9.17) is 4.42 Å². The van der Waals surface area contributed by atoms with Crippen LogP contribution in [0.15, 0.2) is 62.2 Å². The molecule has 1 aromatic carbocycles. The minimum Gasteiger partial charge on any atom is -0.468 e. The Morgan fingerprint density at radius 1 is 0.920 bits per heavy atom. The summed E-state index contributed by atoms with van der Waals surface area (Å²) >= 11 is 0. The van der Waals surface area contributed by atoms with Gasteiger partial charge in [0.05, 0.1) is 23.4 Å².